The highest BCUT2D eigenvalue weighted by Gasteiger charge is 2.12. The zero-order chi connectivity index (χ0) is 18.5. The Kier molecular flexibility index (Phi) is 5.32. The second-order valence-corrected chi connectivity index (χ2v) is 6.46. The van der Waals surface area contributed by atoms with Gasteiger partial charge in [0.15, 0.2) is 0 Å². The van der Waals surface area contributed by atoms with Crippen molar-refractivity contribution in [1.82, 2.24) is 4.98 Å². The van der Waals surface area contributed by atoms with E-state index >= 15 is 0 Å². The molecular formula is C22H23N3O. The number of rotatable bonds is 5. The predicted octanol–water partition coefficient (Wildman–Crippen LogP) is 4.59. The largest absolute Gasteiger partial charge is 0.370 e. The fourth-order valence-corrected chi connectivity index (χ4v) is 2.92. The van der Waals surface area contributed by atoms with Crippen molar-refractivity contribution in [2.45, 2.75) is 20.4 Å². The van der Waals surface area contributed by atoms with Gasteiger partial charge >= 0.3 is 0 Å². The van der Waals surface area contributed by atoms with Crippen LogP contribution in [0.25, 0.3) is 0 Å². The number of nitrogens with zero attached hydrogens (tertiary/aromatic N) is 2. The van der Waals surface area contributed by atoms with Crippen molar-refractivity contribution in [3.8, 4) is 0 Å². The van der Waals surface area contributed by atoms with Gasteiger partial charge in [-0.1, -0.05) is 48.5 Å². The molecule has 1 amide bonds. The molecule has 132 valence electrons. The fraction of sp³-hybridized carbons (Fsp3) is 0.182. The van der Waals surface area contributed by atoms with Gasteiger partial charge in [0.05, 0.1) is 0 Å². The Morgan fingerprint density at radius 2 is 1.69 bits per heavy atom. The van der Waals surface area contributed by atoms with Crippen molar-refractivity contribution in [3.63, 3.8) is 0 Å². The molecule has 0 saturated heterocycles. The lowest BCUT2D eigenvalue weighted by molar-refractivity contribution is 0.102. The van der Waals surface area contributed by atoms with Crippen molar-refractivity contribution >= 4 is 17.3 Å². The van der Waals surface area contributed by atoms with E-state index in [1.54, 1.807) is 6.20 Å². The van der Waals surface area contributed by atoms with Crippen LogP contribution in [0.2, 0.25) is 0 Å². The molecule has 0 radical (unpaired) electrons. The molecule has 0 aliphatic rings. The number of amides is 1. The molecule has 4 nitrogen and oxygen atoms in total. The van der Waals surface area contributed by atoms with Crippen LogP contribution < -0.4 is 10.2 Å². The molecule has 0 bridgehead atoms. The lowest BCUT2D eigenvalue weighted by Gasteiger charge is -2.20. The van der Waals surface area contributed by atoms with Gasteiger partial charge in [0.1, 0.15) is 5.69 Å². The summed E-state index contributed by atoms with van der Waals surface area (Å²) in [5, 5.41) is 2.99. The maximum absolute atomic E-state index is 12.7. The first kappa shape index (κ1) is 17.7. The number of benzene rings is 2. The molecule has 0 aliphatic carbocycles. The van der Waals surface area contributed by atoms with E-state index in [1.165, 1.54) is 5.56 Å². The average Bonchev–Trinajstić information content (AvgIpc) is 2.65. The normalized spacial score (nSPS) is 10.4. The maximum Gasteiger partial charge on any atom is 0.274 e. The molecule has 0 spiro atoms. The van der Waals surface area contributed by atoms with Crippen LogP contribution in [-0.4, -0.2) is 17.9 Å². The van der Waals surface area contributed by atoms with Crippen LogP contribution in [0.5, 0.6) is 0 Å². The maximum atomic E-state index is 12.7. The van der Waals surface area contributed by atoms with Gasteiger partial charge < -0.3 is 10.2 Å². The molecule has 0 unspecified atom stereocenters. The number of carbonyl (C=O) groups is 1. The summed E-state index contributed by atoms with van der Waals surface area (Å²) < 4.78 is 0. The van der Waals surface area contributed by atoms with Crippen LogP contribution in [0.3, 0.4) is 0 Å². The highest BCUT2D eigenvalue weighted by atomic mass is 16.1. The summed E-state index contributed by atoms with van der Waals surface area (Å²) in [6.45, 7) is 4.74. The van der Waals surface area contributed by atoms with Gasteiger partial charge in [0.2, 0.25) is 0 Å². The van der Waals surface area contributed by atoms with Crippen LogP contribution in [0, 0.1) is 13.8 Å². The highest BCUT2D eigenvalue weighted by molar-refractivity contribution is 6.04. The van der Waals surface area contributed by atoms with Gasteiger partial charge in [-0.15, -0.1) is 0 Å². The number of hydrogen-bond donors (Lipinski definition) is 1. The molecular weight excluding hydrogens is 322 g/mol. The third kappa shape index (κ3) is 4.09. The summed E-state index contributed by atoms with van der Waals surface area (Å²) in [5.41, 5.74) is 5.50. The Labute approximate surface area is 154 Å². The van der Waals surface area contributed by atoms with Crippen LogP contribution in [0.1, 0.15) is 27.2 Å². The standard InChI is InChI=1S/C22H23N3O/c1-16-8-7-9-17(2)21(16)24-22(26)20-14-19(12-13-23-20)25(3)15-18-10-5-4-6-11-18/h4-14H,15H2,1-3H3,(H,24,26). The first-order valence-electron chi connectivity index (χ1n) is 8.63. The van der Waals surface area contributed by atoms with Crippen molar-refractivity contribution in [3.05, 3.63) is 89.2 Å². The van der Waals surface area contributed by atoms with Crippen LogP contribution in [0.4, 0.5) is 11.4 Å². The first-order chi connectivity index (χ1) is 12.5. The molecule has 1 N–H and O–H groups in total. The van der Waals surface area contributed by atoms with Gasteiger partial charge in [0, 0.05) is 31.2 Å². The van der Waals surface area contributed by atoms with Crippen molar-refractivity contribution in [2.24, 2.45) is 0 Å². The Hall–Kier alpha value is -3.14. The fourth-order valence-electron chi connectivity index (χ4n) is 2.92. The monoisotopic (exact) mass is 345 g/mol. The number of nitrogens with one attached hydrogen (secondary N) is 1. The highest BCUT2D eigenvalue weighted by Crippen LogP contribution is 2.21. The Morgan fingerprint density at radius 1 is 1.00 bits per heavy atom. The van der Waals surface area contributed by atoms with E-state index in [-0.39, 0.29) is 5.91 Å². The quantitative estimate of drug-likeness (QED) is 0.736. The molecule has 2 aromatic carbocycles. The smallest absolute Gasteiger partial charge is 0.274 e. The van der Waals surface area contributed by atoms with E-state index in [2.05, 4.69) is 27.3 Å². The number of aromatic nitrogens is 1. The summed E-state index contributed by atoms with van der Waals surface area (Å²) >= 11 is 0. The first-order valence-corrected chi connectivity index (χ1v) is 8.63. The van der Waals surface area contributed by atoms with E-state index in [0.29, 0.717) is 5.69 Å². The molecule has 0 atom stereocenters. The van der Waals surface area contributed by atoms with Gasteiger partial charge in [-0.25, -0.2) is 0 Å². The van der Waals surface area contributed by atoms with E-state index < -0.39 is 0 Å². The van der Waals surface area contributed by atoms with Crippen molar-refractivity contribution in [1.29, 1.82) is 0 Å². The van der Waals surface area contributed by atoms with E-state index in [0.717, 1.165) is 29.0 Å². The predicted molar refractivity (Wildman–Crippen MR) is 107 cm³/mol. The van der Waals surface area contributed by atoms with Gasteiger partial charge in [-0.2, -0.15) is 0 Å². The number of anilines is 2. The molecule has 3 aromatic rings. The topological polar surface area (TPSA) is 45.2 Å². The molecule has 0 aliphatic heterocycles. The minimum atomic E-state index is -0.197. The third-order valence-electron chi connectivity index (χ3n) is 4.40. The summed E-state index contributed by atoms with van der Waals surface area (Å²) in [6, 6.07) is 19.9. The minimum Gasteiger partial charge on any atom is -0.370 e. The third-order valence-corrected chi connectivity index (χ3v) is 4.40. The molecule has 4 heteroatoms. The summed E-state index contributed by atoms with van der Waals surface area (Å²) in [6.07, 6.45) is 1.68. The van der Waals surface area contributed by atoms with Gasteiger partial charge in [-0.3, -0.25) is 9.78 Å². The minimum absolute atomic E-state index is 0.197. The SMILES string of the molecule is Cc1cccc(C)c1NC(=O)c1cc(N(C)Cc2ccccc2)ccn1. The second kappa shape index (κ2) is 7.83. The average molecular weight is 345 g/mol. The number of pyridine rings is 1. The summed E-state index contributed by atoms with van der Waals surface area (Å²) in [5.74, 6) is -0.197. The zero-order valence-corrected chi connectivity index (χ0v) is 15.4. The molecule has 26 heavy (non-hydrogen) atoms. The number of aryl methyl sites for hydroxylation is 2. The molecule has 1 aromatic heterocycles. The Morgan fingerprint density at radius 3 is 2.38 bits per heavy atom. The number of hydrogen-bond acceptors (Lipinski definition) is 3. The summed E-state index contributed by atoms with van der Waals surface area (Å²) in [4.78, 5) is 19.0. The molecule has 3 rings (SSSR count). The number of para-hydroxylation sites is 1. The van der Waals surface area contributed by atoms with Crippen LogP contribution >= 0.6 is 0 Å². The van der Waals surface area contributed by atoms with Gasteiger partial charge in [-0.05, 0) is 42.7 Å². The van der Waals surface area contributed by atoms with E-state index in [4.69, 9.17) is 0 Å². The van der Waals surface area contributed by atoms with Crippen LogP contribution in [-0.2, 0) is 6.54 Å². The lowest BCUT2D eigenvalue weighted by atomic mass is 10.1. The van der Waals surface area contributed by atoms with Crippen molar-refractivity contribution < 1.29 is 4.79 Å². The van der Waals surface area contributed by atoms with Crippen molar-refractivity contribution in [2.75, 3.05) is 17.3 Å². The van der Waals surface area contributed by atoms with Gasteiger partial charge in [0.25, 0.3) is 5.91 Å². The number of carbonyl (C=O) groups excluding carboxylic acids is 1. The van der Waals surface area contributed by atoms with E-state index in [1.807, 2.05) is 69.4 Å². The van der Waals surface area contributed by atoms with E-state index in [9.17, 15) is 4.79 Å². The molecule has 1 heterocycles. The Bertz CT molecular complexity index is 886. The van der Waals surface area contributed by atoms with Crippen LogP contribution in [0.15, 0.2) is 66.9 Å². The second-order valence-electron chi connectivity index (χ2n) is 6.46. The lowest BCUT2D eigenvalue weighted by Crippen LogP contribution is -2.19. The summed E-state index contributed by atoms with van der Waals surface area (Å²) in [7, 11) is 2.01. The zero-order valence-electron chi connectivity index (χ0n) is 15.4. The molecule has 0 saturated carbocycles. The Balaban J connectivity index is 1.77. The molecule has 0 fully saturated rings.